The number of nitrogens with zero attached hydrogens (tertiary/aromatic N) is 3. The second-order valence-corrected chi connectivity index (χ2v) is 11.9. The first-order chi connectivity index (χ1) is 17.9. The predicted octanol–water partition coefficient (Wildman–Crippen LogP) is 5.70. The van der Waals surface area contributed by atoms with E-state index >= 15 is 0 Å². The van der Waals surface area contributed by atoms with Crippen LogP contribution in [-0.2, 0) is 16.6 Å². The Morgan fingerprint density at radius 2 is 1.97 bits per heavy atom. The van der Waals surface area contributed by atoms with E-state index in [1.54, 1.807) is 46.8 Å². The Morgan fingerprint density at radius 1 is 1.16 bits per heavy atom. The fraction of sp³-hybridized carbons (Fsp3) is 0.333. The third kappa shape index (κ3) is 5.01. The Kier molecular flexibility index (Phi) is 7.32. The Morgan fingerprint density at radius 3 is 2.68 bits per heavy atom. The maximum absolute atomic E-state index is 13.7. The monoisotopic (exact) mass is 539 g/mol. The maximum Gasteiger partial charge on any atom is 0.260 e. The van der Waals surface area contributed by atoms with Gasteiger partial charge >= 0.3 is 0 Å². The highest BCUT2D eigenvalue weighted by molar-refractivity contribution is 7.89. The average Bonchev–Trinajstić information content (AvgIpc) is 3.61. The van der Waals surface area contributed by atoms with Gasteiger partial charge in [-0.05, 0) is 67.8 Å². The molecule has 0 N–H and O–H groups in total. The van der Waals surface area contributed by atoms with E-state index in [1.807, 2.05) is 25.1 Å². The molecule has 0 radical (unpaired) electrons. The van der Waals surface area contributed by atoms with Crippen LogP contribution in [0, 0.1) is 0 Å². The van der Waals surface area contributed by atoms with E-state index in [-0.39, 0.29) is 23.4 Å². The highest BCUT2D eigenvalue weighted by Gasteiger charge is 2.33. The zero-order valence-corrected chi connectivity index (χ0v) is 22.4. The molecule has 2 aromatic carbocycles. The quantitative estimate of drug-likeness (QED) is 0.285. The van der Waals surface area contributed by atoms with E-state index in [0.29, 0.717) is 34.3 Å². The van der Waals surface area contributed by atoms with Gasteiger partial charge in [0.25, 0.3) is 5.91 Å². The summed E-state index contributed by atoms with van der Waals surface area (Å²) in [6, 6.07) is 15.4. The second kappa shape index (κ2) is 10.6. The number of piperidine rings is 1. The fourth-order valence-corrected chi connectivity index (χ4v) is 7.48. The van der Waals surface area contributed by atoms with E-state index in [9.17, 15) is 13.2 Å². The summed E-state index contributed by atoms with van der Waals surface area (Å²) in [7, 11) is -2.05. The number of carbonyl (C=O) groups is 1. The van der Waals surface area contributed by atoms with Crippen molar-refractivity contribution in [3.8, 4) is 5.75 Å². The highest BCUT2D eigenvalue weighted by Crippen LogP contribution is 2.35. The van der Waals surface area contributed by atoms with E-state index in [4.69, 9.17) is 14.1 Å². The number of para-hydroxylation sites is 1. The number of anilines is 1. The van der Waals surface area contributed by atoms with Crippen molar-refractivity contribution in [3.05, 3.63) is 72.2 Å². The lowest BCUT2D eigenvalue weighted by molar-refractivity contribution is 0.0983. The van der Waals surface area contributed by atoms with Gasteiger partial charge in [-0.1, -0.05) is 30.7 Å². The Hall–Kier alpha value is -3.21. The van der Waals surface area contributed by atoms with E-state index in [1.165, 1.54) is 23.5 Å². The number of thiazole rings is 1. The third-order valence-electron chi connectivity index (χ3n) is 6.71. The predicted molar refractivity (Wildman–Crippen MR) is 144 cm³/mol. The lowest BCUT2D eigenvalue weighted by Crippen LogP contribution is -2.43. The Labute approximate surface area is 220 Å². The van der Waals surface area contributed by atoms with Crippen LogP contribution in [0.15, 0.2) is 70.2 Å². The minimum absolute atomic E-state index is 0.0138. The summed E-state index contributed by atoms with van der Waals surface area (Å²) < 4.78 is 40.2. The number of hydrogen-bond donors (Lipinski definition) is 0. The molecule has 0 spiro atoms. The molecule has 8 nitrogen and oxygen atoms in total. The maximum atomic E-state index is 13.7. The summed E-state index contributed by atoms with van der Waals surface area (Å²) in [5.41, 5.74) is 1.04. The standard InChI is InChI=1S/C27H29N3O5S2/c1-3-20-8-4-5-16-30(20)37(32,33)22-14-12-19(13-15-22)26(31)29(18-21-9-7-17-35-21)27-28-25-23(34-2)10-6-11-24(25)36-27/h6-7,9-15,17,20H,3-5,8,16,18H2,1-2H3. The van der Waals surface area contributed by atoms with Gasteiger partial charge in [0.15, 0.2) is 5.13 Å². The van der Waals surface area contributed by atoms with E-state index in [0.717, 1.165) is 30.4 Å². The van der Waals surface area contributed by atoms with E-state index < -0.39 is 10.0 Å². The number of carbonyl (C=O) groups excluding carboxylic acids is 1. The van der Waals surface area contributed by atoms with Gasteiger partial charge in [0.1, 0.15) is 17.0 Å². The highest BCUT2D eigenvalue weighted by atomic mass is 32.2. The largest absolute Gasteiger partial charge is 0.494 e. The van der Waals surface area contributed by atoms with Gasteiger partial charge in [0.2, 0.25) is 10.0 Å². The molecule has 194 valence electrons. The zero-order chi connectivity index (χ0) is 26.0. The van der Waals surface area contributed by atoms with Crippen LogP contribution in [0.4, 0.5) is 5.13 Å². The number of rotatable bonds is 8. The van der Waals surface area contributed by atoms with Crippen molar-refractivity contribution in [2.45, 2.75) is 50.1 Å². The zero-order valence-electron chi connectivity index (χ0n) is 20.8. The summed E-state index contributed by atoms with van der Waals surface area (Å²) >= 11 is 1.38. The summed E-state index contributed by atoms with van der Waals surface area (Å²) in [6.07, 6.45) is 5.12. The third-order valence-corrected chi connectivity index (χ3v) is 9.72. The molecule has 1 aliphatic rings. The molecule has 0 saturated carbocycles. The van der Waals surface area contributed by atoms with Crippen molar-refractivity contribution < 1.29 is 22.4 Å². The number of ether oxygens (including phenoxy) is 1. The first-order valence-electron chi connectivity index (χ1n) is 12.3. The van der Waals surface area contributed by atoms with Crippen molar-refractivity contribution in [1.29, 1.82) is 0 Å². The van der Waals surface area contributed by atoms with Crippen LogP contribution in [0.25, 0.3) is 10.2 Å². The Balaban J connectivity index is 1.47. The minimum Gasteiger partial charge on any atom is -0.494 e. The lowest BCUT2D eigenvalue weighted by atomic mass is 10.0. The molecule has 1 fully saturated rings. The molecule has 5 rings (SSSR count). The number of methoxy groups -OCH3 is 1. The fourth-order valence-electron chi connectivity index (χ4n) is 4.74. The molecule has 1 saturated heterocycles. The van der Waals surface area contributed by atoms with Crippen LogP contribution in [0.2, 0.25) is 0 Å². The minimum atomic E-state index is -3.63. The number of fused-ring (bicyclic) bond motifs is 1. The van der Waals surface area contributed by atoms with Crippen LogP contribution in [-0.4, -0.2) is 43.3 Å². The average molecular weight is 540 g/mol. The molecule has 3 heterocycles. The summed E-state index contributed by atoms with van der Waals surface area (Å²) in [6.45, 7) is 2.73. The van der Waals surface area contributed by atoms with E-state index in [2.05, 4.69) is 0 Å². The summed E-state index contributed by atoms with van der Waals surface area (Å²) in [5.74, 6) is 0.931. The van der Waals surface area contributed by atoms with Crippen LogP contribution in [0.3, 0.4) is 0 Å². The van der Waals surface area contributed by atoms with Gasteiger partial charge in [0.05, 0.1) is 29.5 Å². The van der Waals surface area contributed by atoms with Crippen LogP contribution >= 0.6 is 11.3 Å². The molecular formula is C27H29N3O5S2. The number of furan rings is 1. The molecule has 1 aliphatic heterocycles. The number of sulfonamides is 1. The number of benzene rings is 2. The van der Waals surface area contributed by atoms with Crippen molar-refractivity contribution in [2.24, 2.45) is 0 Å². The molecule has 0 aliphatic carbocycles. The smallest absolute Gasteiger partial charge is 0.260 e. The van der Waals surface area contributed by atoms with Gasteiger partial charge in [-0.3, -0.25) is 9.69 Å². The van der Waals surface area contributed by atoms with Crippen LogP contribution in [0.5, 0.6) is 5.75 Å². The van der Waals surface area contributed by atoms with Crippen molar-refractivity contribution >= 4 is 42.6 Å². The summed E-state index contributed by atoms with van der Waals surface area (Å²) in [4.78, 5) is 20.2. The lowest BCUT2D eigenvalue weighted by Gasteiger charge is -2.34. The van der Waals surface area contributed by atoms with Crippen LogP contribution < -0.4 is 9.64 Å². The normalized spacial score (nSPS) is 16.6. The van der Waals surface area contributed by atoms with Crippen molar-refractivity contribution in [3.63, 3.8) is 0 Å². The molecule has 1 unspecified atom stereocenters. The molecule has 4 aromatic rings. The number of amides is 1. The van der Waals surface area contributed by atoms with Gasteiger partial charge in [-0.2, -0.15) is 4.31 Å². The van der Waals surface area contributed by atoms with Gasteiger partial charge in [-0.15, -0.1) is 0 Å². The Bertz CT molecular complexity index is 1480. The molecular weight excluding hydrogens is 510 g/mol. The molecule has 0 bridgehead atoms. The van der Waals surface area contributed by atoms with Crippen molar-refractivity contribution in [1.82, 2.24) is 9.29 Å². The molecule has 1 atom stereocenters. The van der Waals surface area contributed by atoms with Crippen LogP contribution in [0.1, 0.15) is 48.7 Å². The second-order valence-electron chi connectivity index (χ2n) is 8.97. The van der Waals surface area contributed by atoms with Gasteiger partial charge in [0, 0.05) is 18.2 Å². The first-order valence-corrected chi connectivity index (χ1v) is 14.6. The van der Waals surface area contributed by atoms with Gasteiger partial charge in [-0.25, -0.2) is 13.4 Å². The van der Waals surface area contributed by atoms with Crippen molar-refractivity contribution in [2.75, 3.05) is 18.6 Å². The molecule has 1 amide bonds. The topological polar surface area (TPSA) is 93.0 Å². The first kappa shape index (κ1) is 25.4. The molecule has 37 heavy (non-hydrogen) atoms. The number of hydrogen-bond acceptors (Lipinski definition) is 7. The van der Waals surface area contributed by atoms with Gasteiger partial charge < -0.3 is 9.15 Å². The molecule has 10 heteroatoms. The molecule has 2 aromatic heterocycles. The summed E-state index contributed by atoms with van der Waals surface area (Å²) in [5, 5.41) is 0.497. The SMILES string of the molecule is CCC1CCCCN1S(=O)(=O)c1ccc(C(=O)N(Cc2ccco2)c2nc3c(OC)cccc3s2)cc1. The number of aromatic nitrogens is 1.